The van der Waals surface area contributed by atoms with Crippen LogP contribution in [0.5, 0.6) is 0 Å². The van der Waals surface area contributed by atoms with Gasteiger partial charge in [-0.3, -0.25) is 5.43 Å². The van der Waals surface area contributed by atoms with Gasteiger partial charge in [-0.2, -0.15) is 10.2 Å². The van der Waals surface area contributed by atoms with Crippen molar-refractivity contribution in [2.75, 3.05) is 5.43 Å². The highest BCUT2D eigenvalue weighted by molar-refractivity contribution is 5.80. The van der Waals surface area contributed by atoms with Gasteiger partial charge < -0.3 is 0 Å². The second-order valence-corrected chi connectivity index (χ2v) is 6.36. The fourth-order valence-corrected chi connectivity index (χ4v) is 2.58. The number of hydrazone groups is 1. The Morgan fingerprint density at radius 2 is 1.70 bits per heavy atom. The molecule has 0 saturated carbocycles. The van der Waals surface area contributed by atoms with Crippen molar-refractivity contribution in [1.29, 1.82) is 0 Å². The summed E-state index contributed by atoms with van der Waals surface area (Å²) in [5, 5.41) is 12.8. The van der Waals surface area contributed by atoms with E-state index in [1.165, 1.54) is 11.1 Å². The van der Waals surface area contributed by atoms with E-state index in [2.05, 4.69) is 73.5 Å². The molecule has 0 radical (unpaired) electrons. The third kappa shape index (κ3) is 4.38. The molecule has 1 aromatic heterocycles. The molecule has 0 aliphatic rings. The predicted molar refractivity (Wildman–Crippen MR) is 97.1 cm³/mol. The fourth-order valence-electron chi connectivity index (χ4n) is 2.58. The smallest absolute Gasteiger partial charge is 0.168 e. The average Bonchev–Trinajstić information content (AvgIpc) is 2.54. The van der Waals surface area contributed by atoms with Crippen LogP contribution in [-0.4, -0.2) is 16.4 Å². The van der Waals surface area contributed by atoms with Crippen molar-refractivity contribution in [1.82, 2.24) is 10.2 Å². The van der Waals surface area contributed by atoms with Crippen LogP contribution < -0.4 is 5.43 Å². The topological polar surface area (TPSA) is 50.2 Å². The molecule has 122 valence electrons. The highest BCUT2D eigenvalue weighted by atomic mass is 15.3. The summed E-state index contributed by atoms with van der Waals surface area (Å²) in [5.41, 5.74) is 7.60. The molecule has 2 aromatic rings. The molecule has 0 atom stereocenters. The quantitative estimate of drug-likeness (QED) is 0.626. The van der Waals surface area contributed by atoms with Crippen molar-refractivity contribution in [2.45, 2.75) is 52.9 Å². The molecule has 0 saturated heterocycles. The van der Waals surface area contributed by atoms with Gasteiger partial charge in [-0.15, -0.1) is 5.10 Å². The van der Waals surface area contributed by atoms with Crippen molar-refractivity contribution in [2.24, 2.45) is 5.10 Å². The zero-order valence-corrected chi connectivity index (χ0v) is 14.7. The van der Waals surface area contributed by atoms with Crippen LogP contribution >= 0.6 is 0 Å². The molecular formula is C19H26N4. The van der Waals surface area contributed by atoms with Crippen molar-refractivity contribution in [3.05, 3.63) is 52.7 Å². The van der Waals surface area contributed by atoms with E-state index in [9.17, 15) is 0 Å². The molecule has 2 rings (SSSR count). The first kappa shape index (κ1) is 17.1. The highest BCUT2D eigenvalue weighted by Crippen LogP contribution is 2.29. The van der Waals surface area contributed by atoms with Crippen LogP contribution in [0.1, 0.15) is 56.0 Å². The minimum absolute atomic E-state index is 0.0912. The predicted octanol–water partition coefficient (Wildman–Crippen LogP) is 4.62. The summed E-state index contributed by atoms with van der Waals surface area (Å²) in [6, 6.07) is 10.3. The van der Waals surface area contributed by atoms with Gasteiger partial charge in [0.15, 0.2) is 5.82 Å². The van der Waals surface area contributed by atoms with E-state index in [4.69, 9.17) is 0 Å². The van der Waals surface area contributed by atoms with E-state index in [1.54, 1.807) is 6.21 Å². The van der Waals surface area contributed by atoms with Gasteiger partial charge in [-0.05, 0) is 44.4 Å². The number of hydrogen-bond acceptors (Lipinski definition) is 4. The summed E-state index contributed by atoms with van der Waals surface area (Å²) in [6.45, 7) is 10.8. The average molecular weight is 310 g/mol. The summed E-state index contributed by atoms with van der Waals surface area (Å²) < 4.78 is 0. The first-order valence-corrected chi connectivity index (χ1v) is 8.18. The Bertz CT molecular complexity index is 650. The maximum Gasteiger partial charge on any atom is 0.168 e. The maximum absolute atomic E-state index is 4.36. The van der Waals surface area contributed by atoms with Crippen molar-refractivity contribution in [3.63, 3.8) is 0 Å². The van der Waals surface area contributed by atoms with E-state index >= 15 is 0 Å². The van der Waals surface area contributed by atoms with E-state index in [0.29, 0.717) is 5.82 Å². The first-order valence-electron chi connectivity index (χ1n) is 8.18. The summed E-state index contributed by atoms with van der Waals surface area (Å²) in [5.74, 6) is 0.656. The normalized spacial score (nSPS) is 11.9. The first-order chi connectivity index (χ1) is 11.0. The molecule has 1 aromatic carbocycles. The fraction of sp³-hybridized carbons (Fsp3) is 0.421. The van der Waals surface area contributed by atoms with Gasteiger partial charge in [0.05, 0.1) is 11.9 Å². The van der Waals surface area contributed by atoms with E-state index in [-0.39, 0.29) is 5.41 Å². The lowest BCUT2D eigenvalue weighted by atomic mass is 9.81. The Morgan fingerprint density at radius 3 is 2.22 bits per heavy atom. The van der Waals surface area contributed by atoms with Gasteiger partial charge in [0.2, 0.25) is 0 Å². The number of benzene rings is 1. The van der Waals surface area contributed by atoms with Gasteiger partial charge >= 0.3 is 0 Å². The molecule has 0 aliphatic carbocycles. The molecular weight excluding hydrogens is 284 g/mol. The molecule has 0 fully saturated rings. The SMILES string of the molecule is CCC(C)(CC)c1ccc(NN=Cc2cc(C)cc(C)c2)nn1. The van der Waals surface area contributed by atoms with Gasteiger partial charge in [0, 0.05) is 5.41 Å². The number of hydrogen-bond donors (Lipinski definition) is 1. The Hall–Kier alpha value is -2.23. The largest absolute Gasteiger partial charge is 0.260 e. The number of rotatable bonds is 6. The number of nitrogens with zero attached hydrogens (tertiary/aromatic N) is 3. The standard InChI is InChI=1S/C19H26N4/c1-6-19(5,7-2)17-8-9-18(23-21-17)22-20-13-16-11-14(3)10-15(4)12-16/h8-13H,6-7H2,1-5H3,(H,22,23). The minimum Gasteiger partial charge on any atom is -0.260 e. The van der Waals surface area contributed by atoms with Gasteiger partial charge in [-0.25, -0.2) is 0 Å². The lowest BCUT2D eigenvalue weighted by Gasteiger charge is -2.25. The molecule has 4 nitrogen and oxygen atoms in total. The second-order valence-electron chi connectivity index (χ2n) is 6.36. The van der Waals surface area contributed by atoms with Crippen LogP contribution in [0.4, 0.5) is 5.82 Å². The van der Waals surface area contributed by atoms with Crippen LogP contribution in [0.2, 0.25) is 0 Å². The minimum atomic E-state index is 0.0912. The molecule has 0 aliphatic heterocycles. The van der Waals surface area contributed by atoms with Crippen LogP contribution in [0.25, 0.3) is 0 Å². The Labute approximate surface area is 139 Å². The van der Waals surface area contributed by atoms with Gasteiger partial charge in [-0.1, -0.05) is 50.1 Å². The lowest BCUT2D eigenvalue weighted by molar-refractivity contribution is 0.421. The molecule has 1 N–H and O–H groups in total. The second kappa shape index (κ2) is 7.36. The van der Waals surface area contributed by atoms with Crippen LogP contribution in [-0.2, 0) is 5.41 Å². The summed E-state index contributed by atoms with van der Waals surface area (Å²) in [4.78, 5) is 0. The molecule has 23 heavy (non-hydrogen) atoms. The van der Waals surface area contributed by atoms with Crippen LogP contribution in [0.3, 0.4) is 0 Å². The highest BCUT2D eigenvalue weighted by Gasteiger charge is 2.24. The number of anilines is 1. The summed E-state index contributed by atoms with van der Waals surface area (Å²) >= 11 is 0. The van der Waals surface area contributed by atoms with E-state index < -0.39 is 0 Å². The van der Waals surface area contributed by atoms with Gasteiger partial charge in [0.25, 0.3) is 0 Å². The molecule has 0 bridgehead atoms. The van der Waals surface area contributed by atoms with Crippen LogP contribution in [0, 0.1) is 13.8 Å². The zero-order chi connectivity index (χ0) is 16.9. The number of aryl methyl sites for hydroxylation is 2. The van der Waals surface area contributed by atoms with Gasteiger partial charge in [0.1, 0.15) is 0 Å². The molecule has 0 unspecified atom stereocenters. The third-order valence-corrected chi connectivity index (χ3v) is 4.48. The molecule has 0 amide bonds. The Balaban J connectivity index is 2.05. The Morgan fingerprint density at radius 1 is 1.04 bits per heavy atom. The van der Waals surface area contributed by atoms with E-state index in [0.717, 1.165) is 24.1 Å². The lowest BCUT2D eigenvalue weighted by Crippen LogP contribution is -2.21. The third-order valence-electron chi connectivity index (χ3n) is 4.48. The molecule has 0 spiro atoms. The van der Waals surface area contributed by atoms with Crippen molar-refractivity contribution in [3.8, 4) is 0 Å². The van der Waals surface area contributed by atoms with Crippen LogP contribution in [0.15, 0.2) is 35.4 Å². The Kier molecular flexibility index (Phi) is 5.48. The summed E-state index contributed by atoms with van der Waals surface area (Å²) in [6.07, 6.45) is 3.91. The zero-order valence-electron chi connectivity index (χ0n) is 14.7. The summed E-state index contributed by atoms with van der Waals surface area (Å²) in [7, 11) is 0. The molecule has 1 heterocycles. The maximum atomic E-state index is 4.36. The number of aromatic nitrogens is 2. The number of nitrogens with one attached hydrogen (secondary N) is 1. The van der Waals surface area contributed by atoms with E-state index in [1.807, 2.05) is 12.1 Å². The molecule has 4 heteroatoms. The van der Waals surface area contributed by atoms with Crippen molar-refractivity contribution < 1.29 is 0 Å². The monoisotopic (exact) mass is 310 g/mol. The van der Waals surface area contributed by atoms with Crippen molar-refractivity contribution >= 4 is 12.0 Å².